The molecule has 0 saturated heterocycles. The Morgan fingerprint density at radius 3 is 2.84 bits per heavy atom. The van der Waals surface area contributed by atoms with Gasteiger partial charge in [-0.1, -0.05) is 0 Å². The number of methoxy groups -OCH3 is 1. The minimum Gasteiger partial charge on any atom is -0.465 e. The average Bonchev–Trinajstić information content (AvgIpc) is 3.00. The molecule has 0 saturated carbocycles. The van der Waals surface area contributed by atoms with Gasteiger partial charge in [0.25, 0.3) is 10.0 Å². The number of rotatable bonds is 4. The second kappa shape index (κ2) is 5.02. The first-order chi connectivity index (χ1) is 8.95. The molecule has 7 nitrogen and oxygen atoms in total. The van der Waals surface area contributed by atoms with Crippen molar-refractivity contribution in [1.29, 1.82) is 0 Å². The predicted molar refractivity (Wildman–Crippen MR) is 69.8 cm³/mol. The van der Waals surface area contributed by atoms with Crippen LogP contribution >= 0.6 is 11.3 Å². The van der Waals surface area contributed by atoms with Crippen LogP contribution in [0.25, 0.3) is 0 Å². The SMILES string of the molecule is COC(=O)c1scc(C)c1NS(=O)(=O)c1cnc[nH]1. The Bertz CT molecular complexity index is 688. The zero-order valence-corrected chi connectivity index (χ0v) is 11.8. The van der Waals surface area contributed by atoms with Gasteiger partial charge in [-0.3, -0.25) is 4.72 Å². The largest absolute Gasteiger partial charge is 0.465 e. The average molecular weight is 301 g/mol. The first-order valence-electron chi connectivity index (χ1n) is 5.13. The molecule has 2 aromatic heterocycles. The molecule has 9 heteroatoms. The topological polar surface area (TPSA) is 101 Å². The Hall–Kier alpha value is -1.87. The van der Waals surface area contributed by atoms with Gasteiger partial charge in [-0.15, -0.1) is 11.3 Å². The summed E-state index contributed by atoms with van der Waals surface area (Å²) in [5, 5.41) is 1.60. The molecule has 2 aromatic rings. The lowest BCUT2D eigenvalue weighted by Crippen LogP contribution is -2.15. The Morgan fingerprint density at radius 2 is 2.26 bits per heavy atom. The molecule has 0 aliphatic heterocycles. The molecule has 0 radical (unpaired) electrons. The molecule has 0 aromatic carbocycles. The van der Waals surface area contributed by atoms with Crippen LogP contribution in [0.4, 0.5) is 5.69 Å². The number of hydrogen-bond acceptors (Lipinski definition) is 6. The maximum absolute atomic E-state index is 12.0. The number of hydrogen-bond donors (Lipinski definition) is 2. The molecule has 0 fully saturated rings. The summed E-state index contributed by atoms with van der Waals surface area (Å²) in [7, 11) is -2.56. The number of sulfonamides is 1. The third-order valence-electron chi connectivity index (χ3n) is 2.34. The first kappa shape index (κ1) is 13.6. The maximum Gasteiger partial charge on any atom is 0.350 e. The summed E-state index contributed by atoms with van der Waals surface area (Å²) in [5.41, 5.74) is 0.875. The van der Waals surface area contributed by atoms with Gasteiger partial charge in [0.05, 0.1) is 25.3 Å². The number of H-pyrrole nitrogens is 1. The molecule has 0 unspecified atom stereocenters. The molecule has 2 N–H and O–H groups in total. The highest BCUT2D eigenvalue weighted by molar-refractivity contribution is 7.92. The van der Waals surface area contributed by atoms with Crippen LogP contribution in [0.5, 0.6) is 0 Å². The van der Waals surface area contributed by atoms with Gasteiger partial charge in [0.15, 0.2) is 5.03 Å². The third-order valence-corrected chi connectivity index (χ3v) is 4.70. The summed E-state index contributed by atoms with van der Waals surface area (Å²) in [5.74, 6) is -0.583. The Balaban J connectivity index is 2.39. The van der Waals surface area contributed by atoms with Gasteiger partial charge < -0.3 is 9.72 Å². The van der Waals surface area contributed by atoms with Crippen LogP contribution in [0.3, 0.4) is 0 Å². The number of ether oxygens (including phenoxy) is 1. The molecular formula is C10H11N3O4S2. The number of aromatic nitrogens is 2. The summed E-state index contributed by atoms with van der Waals surface area (Å²) < 4.78 is 31.1. The Kier molecular flexibility index (Phi) is 3.58. The minimum atomic E-state index is -3.80. The van der Waals surface area contributed by atoms with Crippen molar-refractivity contribution in [1.82, 2.24) is 9.97 Å². The van der Waals surface area contributed by atoms with E-state index in [9.17, 15) is 13.2 Å². The molecule has 0 aliphatic carbocycles. The van der Waals surface area contributed by atoms with Crippen LogP contribution in [0.1, 0.15) is 15.2 Å². The van der Waals surface area contributed by atoms with Crippen molar-refractivity contribution in [3.63, 3.8) is 0 Å². The lowest BCUT2D eigenvalue weighted by Gasteiger charge is -2.07. The van der Waals surface area contributed by atoms with E-state index in [-0.39, 0.29) is 15.6 Å². The van der Waals surface area contributed by atoms with Gasteiger partial charge in [0, 0.05) is 0 Å². The molecule has 0 spiro atoms. The number of nitrogens with zero attached hydrogens (tertiary/aromatic N) is 1. The van der Waals surface area contributed by atoms with Crippen LogP contribution in [-0.4, -0.2) is 31.5 Å². The van der Waals surface area contributed by atoms with Crippen molar-refractivity contribution < 1.29 is 17.9 Å². The molecule has 0 aliphatic rings. The molecule has 2 rings (SSSR count). The number of aromatic amines is 1. The van der Waals surface area contributed by atoms with Gasteiger partial charge in [0.1, 0.15) is 4.88 Å². The molecule has 2 heterocycles. The van der Waals surface area contributed by atoms with Crippen molar-refractivity contribution in [2.24, 2.45) is 0 Å². The highest BCUT2D eigenvalue weighted by Crippen LogP contribution is 2.30. The lowest BCUT2D eigenvalue weighted by molar-refractivity contribution is 0.0607. The standard InChI is InChI=1S/C10H11N3O4S2/c1-6-4-18-9(10(14)17-2)8(6)13-19(15,16)7-3-11-5-12-7/h3-5,13H,1-2H3,(H,11,12). The van der Waals surface area contributed by atoms with Crippen LogP contribution < -0.4 is 4.72 Å². The zero-order valence-electron chi connectivity index (χ0n) is 10.1. The Morgan fingerprint density at radius 1 is 1.53 bits per heavy atom. The van der Waals surface area contributed by atoms with Crippen molar-refractivity contribution in [3.05, 3.63) is 28.3 Å². The zero-order chi connectivity index (χ0) is 14.0. The molecular weight excluding hydrogens is 290 g/mol. The molecule has 102 valence electrons. The van der Waals surface area contributed by atoms with Gasteiger partial charge in [-0.05, 0) is 17.9 Å². The maximum atomic E-state index is 12.0. The normalized spacial score (nSPS) is 11.3. The van der Waals surface area contributed by atoms with Gasteiger partial charge in [-0.25, -0.2) is 9.78 Å². The van der Waals surface area contributed by atoms with Gasteiger partial charge >= 0.3 is 5.97 Å². The molecule has 19 heavy (non-hydrogen) atoms. The number of nitrogens with one attached hydrogen (secondary N) is 2. The summed E-state index contributed by atoms with van der Waals surface area (Å²) in [6.07, 6.45) is 2.44. The minimum absolute atomic E-state index is 0.0751. The fourth-order valence-electron chi connectivity index (χ4n) is 1.39. The number of aryl methyl sites for hydroxylation is 1. The van der Waals surface area contributed by atoms with Crippen LogP contribution in [0, 0.1) is 6.92 Å². The second-order valence-corrected chi connectivity index (χ2v) is 6.17. The fraction of sp³-hybridized carbons (Fsp3) is 0.200. The van der Waals surface area contributed by atoms with Crippen LogP contribution in [0.2, 0.25) is 0 Å². The van der Waals surface area contributed by atoms with Crippen molar-refractivity contribution in [2.75, 3.05) is 11.8 Å². The number of carbonyl (C=O) groups is 1. The fourth-order valence-corrected chi connectivity index (χ4v) is 3.43. The highest BCUT2D eigenvalue weighted by atomic mass is 32.2. The quantitative estimate of drug-likeness (QED) is 0.830. The van der Waals surface area contributed by atoms with Crippen molar-refractivity contribution in [2.45, 2.75) is 11.9 Å². The first-order valence-corrected chi connectivity index (χ1v) is 7.49. The summed E-state index contributed by atoms with van der Waals surface area (Å²) in [6.45, 7) is 1.70. The van der Waals surface area contributed by atoms with Crippen molar-refractivity contribution in [3.8, 4) is 0 Å². The van der Waals surface area contributed by atoms with E-state index in [1.807, 2.05) is 0 Å². The molecule has 0 atom stereocenters. The number of carbonyl (C=O) groups excluding carboxylic acids is 1. The van der Waals surface area contributed by atoms with Gasteiger partial charge in [-0.2, -0.15) is 8.42 Å². The highest BCUT2D eigenvalue weighted by Gasteiger charge is 2.23. The summed E-state index contributed by atoms with van der Waals surface area (Å²) in [6, 6.07) is 0. The van der Waals surface area contributed by atoms with E-state index in [1.54, 1.807) is 12.3 Å². The van der Waals surface area contributed by atoms with E-state index < -0.39 is 16.0 Å². The lowest BCUT2D eigenvalue weighted by atomic mass is 10.3. The van der Waals surface area contributed by atoms with E-state index in [0.717, 1.165) is 11.3 Å². The van der Waals surface area contributed by atoms with E-state index in [1.165, 1.54) is 19.6 Å². The van der Waals surface area contributed by atoms with E-state index in [4.69, 9.17) is 0 Å². The Labute approximate surface area is 113 Å². The molecule has 0 bridgehead atoms. The van der Waals surface area contributed by atoms with E-state index in [2.05, 4.69) is 19.4 Å². The summed E-state index contributed by atoms with van der Waals surface area (Å²) in [4.78, 5) is 17.9. The van der Waals surface area contributed by atoms with Crippen molar-refractivity contribution >= 4 is 33.0 Å². The van der Waals surface area contributed by atoms with E-state index in [0.29, 0.717) is 5.56 Å². The third kappa shape index (κ3) is 2.61. The smallest absolute Gasteiger partial charge is 0.350 e. The monoisotopic (exact) mass is 301 g/mol. The van der Waals surface area contributed by atoms with E-state index >= 15 is 0 Å². The second-order valence-electron chi connectivity index (χ2n) is 3.64. The molecule has 0 amide bonds. The van der Waals surface area contributed by atoms with Gasteiger partial charge in [0.2, 0.25) is 0 Å². The number of thiophene rings is 1. The van der Waals surface area contributed by atoms with Crippen LogP contribution in [0.15, 0.2) is 22.9 Å². The number of imidazole rings is 1. The van der Waals surface area contributed by atoms with Crippen LogP contribution in [-0.2, 0) is 14.8 Å². The predicted octanol–water partition coefficient (Wildman–Crippen LogP) is 1.37. The number of anilines is 1. The number of esters is 1. The summed E-state index contributed by atoms with van der Waals surface area (Å²) >= 11 is 1.12.